The monoisotopic (exact) mass is 331 g/mol. The number of thioether (sulfide) groups is 1. The summed E-state index contributed by atoms with van der Waals surface area (Å²) in [4.78, 5) is 12.7. The minimum Gasteiger partial charge on any atom is -0.493 e. The summed E-state index contributed by atoms with van der Waals surface area (Å²) in [7, 11) is 0. The topological polar surface area (TPSA) is 38.3 Å². The number of ether oxygens (including phenoxy) is 1. The van der Waals surface area contributed by atoms with E-state index >= 15 is 0 Å². The van der Waals surface area contributed by atoms with Crippen LogP contribution in [0.1, 0.15) is 24.4 Å². The first-order chi connectivity index (χ1) is 11.2. The van der Waals surface area contributed by atoms with Crippen molar-refractivity contribution in [1.29, 1.82) is 0 Å². The number of fused-ring (bicyclic) bond motifs is 1. The van der Waals surface area contributed by atoms with Gasteiger partial charge in [0.05, 0.1) is 12.6 Å². The van der Waals surface area contributed by atoms with Crippen LogP contribution in [0.15, 0.2) is 53.4 Å². The fourth-order valence-corrected chi connectivity index (χ4v) is 3.46. The lowest BCUT2D eigenvalue weighted by Gasteiger charge is -2.26. The molecule has 23 heavy (non-hydrogen) atoms. The fraction of sp³-hybridized carbons (Fsp3) is 0.278. The van der Waals surface area contributed by atoms with E-state index < -0.39 is 0 Å². The number of hydrogen-bond acceptors (Lipinski definition) is 3. The zero-order valence-electron chi connectivity index (χ0n) is 12.6. The first-order valence-electron chi connectivity index (χ1n) is 7.62. The van der Waals surface area contributed by atoms with Crippen molar-refractivity contribution in [3.8, 4) is 5.75 Å². The van der Waals surface area contributed by atoms with E-state index in [1.54, 1.807) is 18.2 Å². The van der Waals surface area contributed by atoms with Gasteiger partial charge < -0.3 is 10.1 Å². The normalized spacial score (nSPS) is 16.3. The summed E-state index contributed by atoms with van der Waals surface area (Å²) in [6, 6.07) is 14.4. The van der Waals surface area contributed by atoms with Crippen molar-refractivity contribution in [3.05, 3.63) is 59.9 Å². The first kappa shape index (κ1) is 15.9. The average Bonchev–Trinajstić information content (AvgIpc) is 2.57. The standard InChI is InChI=1S/C18H18FNO2S/c19-14-6-2-4-8-17(14)23-12-10-18(21)20-15-9-11-22-16-7-3-1-5-13(15)16/h1-8,15H,9-12H2,(H,20,21). The SMILES string of the molecule is O=C(CCSc1ccccc1F)NC1CCOc2ccccc21. The Balaban J connectivity index is 1.52. The molecule has 5 heteroatoms. The molecule has 2 aromatic carbocycles. The summed E-state index contributed by atoms with van der Waals surface area (Å²) >= 11 is 1.36. The van der Waals surface area contributed by atoms with Crippen molar-refractivity contribution >= 4 is 17.7 Å². The summed E-state index contributed by atoms with van der Waals surface area (Å²) in [5.74, 6) is 1.13. The van der Waals surface area contributed by atoms with E-state index in [0.717, 1.165) is 17.7 Å². The quantitative estimate of drug-likeness (QED) is 0.843. The predicted molar refractivity (Wildman–Crippen MR) is 89.2 cm³/mol. The molecular formula is C18H18FNO2S. The molecule has 1 N–H and O–H groups in total. The highest BCUT2D eigenvalue weighted by Gasteiger charge is 2.22. The van der Waals surface area contributed by atoms with Crippen LogP contribution in [0, 0.1) is 5.82 Å². The molecule has 0 saturated heterocycles. The lowest BCUT2D eigenvalue weighted by molar-refractivity contribution is -0.121. The van der Waals surface area contributed by atoms with Crippen LogP contribution >= 0.6 is 11.8 Å². The molecule has 1 heterocycles. The molecule has 0 aromatic heterocycles. The lowest BCUT2D eigenvalue weighted by Crippen LogP contribution is -2.32. The Morgan fingerprint density at radius 1 is 1.22 bits per heavy atom. The van der Waals surface area contributed by atoms with Crippen molar-refractivity contribution in [2.24, 2.45) is 0 Å². The number of carbonyl (C=O) groups excluding carboxylic acids is 1. The molecule has 0 spiro atoms. The molecule has 0 saturated carbocycles. The van der Waals surface area contributed by atoms with Crippen molar-refractivity contribution in [3.63, 3.8) is 0 Å². The maximum atomic E-state index is 13.5. The van der Waals surface area contributed by atoms with Crippen LogP contribution in [0.4, 0.5) is 4.39 Å². The maximum Gasteiger partial charge on any atom is 0.221 e. The van der Waals surface area contributed by atoms with Crippen molar-refractivity contribution in [2.45, 2.75) is 23.8 Å². The van der Waals surface area contributed by atoms with Gasteiger partial charge in [-0.1, -0.05) is 30.3 Å². The fourth-order valence-electron chi connectivity index (χ4n) is 2.57. The number of amides is 1. The van der Waals surface area contributed by atoms with E-state index in [2.05, 4.69) is 5.32 Å². The highest BCUT2D eigenvalue weighted by atomic mass is 32.2. The van der Waals surface area contributed by atoms with Crippen LogP contribution in [0.5, 0.6) is 5.75 Å². The zero-order valence-corrected chi connectivity index (χ0v) is 13.4. The number of rotatable bonds is 5. The van der Waals surface area contributed by atoms with Gasteiger partial charge in [-0.2, -0.15) is 0 Å². The molecule has 3 rings (SSSR count). The molecular weight excluding hydrogens is 313 g/mol. The second kappa shape index (κ2) is 7.51. The molecule has 1 amide bonds. The number of benzene rings is 2. The third-order valence-corrected chi connectivity index (χ3v) is 4.77. The smallest absolute Gasteiger partial charge is 0.221 e. The zero-order chi connectivity index (χ0) is 16.1. The number of carbonyl (C=O) groups is 1. The molecule has 0 aliphatic carbocycles. The van der Waals surface area contributed by atoms with Gasteiger partial charge in [0.15, 0.2) is 0 Å². The minimum atomic E-state index is -0.240. The lowest BCUT2D eigenvalue weighted by atomic mass is 10.0. The Kier molecular flexibility index (Phi) is 5.18. The number of halogens is 1. The van der Waals surface area contributed by atoms with Gasteiger partial charge in [0.2, 0.25) is 5.91 Å². The molecule has 1 aliphatic rings. The average molecular weight is 331 g/mol. The van der Waals surface area contributed by atoms with Gasteiger partial charge in [0.1, 0.15) is 11.6 Å². The van der Waals surface area contributed by atoms with Crippen molar-refractivity contribution < 1.29 is 13.9 Å². The Hall–Kier alpha value is -2.01. The third kappa shape index (κ3) is 4.05. The number of para-hydroxylation sites is 1. The summed E-state index contributed by atoms with van der Waals surface area (Å²) in [5, 5.41) is 3.05. The van der Waals surface area contributed by atoms with E-state index in [1.165, 1.54) is 17.8 Å². The molecule has 0 bridgehead atoms. The van der Waals surface area contributed by atoms with Gasteiger partial charge >= 0.3 is 0 Å². The van der Waals surface area contributed by atoms with Gasteiger partial charge in [-0.15, -0.1) is 11.8 Å². The Morgan fingerprint density at radius 2 is 2.00 bits per heavy atom. The number of hydrogen-bond donors (Lipinski definition) is 1. The highest BCUT2D eigenvalue weighted by Crippen LogP contribution is 2.31. The molecule has 1 atom stereocenters. The van der Waals surface area contributed by atoms with Gasteiger partial charge in [0.25, 0.3) is 0 Å². The molecule has 2 aromatic rings. The largest absolute Gasteiger partial charge is 0.493 e. The van der Waals surface area contributed by atoms with Crippen molar-refractivity contribution in [2.75, 3.05) is 12.4 Å². The summed E-state index contributed by atoms with van der Waals surface area (Å²) in [5.41, 5.74) is 1.02. The summed E-state index contributed by atoms with van der Waals surface area (Å²) in [6.07, 6.45) is 1.13. The van der Waals surface area contributed by atoms with Crippen LogP contribution < -0.4 is 10.1 Å². The summed E-state index contributed by atoms with van der Waals surface area (Å²) in [6.45, 7) is 0.603. The van der Waals surface area contributed by atoms with E-state index in [-0.39, 0.29) is 17.8 Å². The van der Waals surface area contributed by atoms with Gasteiger partial charge in [-0.05, 0) is 18.2 Å². The van der Waals surface area contributed by atoms with E-state index in [4.69, 9.17) is 4.74 Å². The molecule has 120 valence electrons. The Labute approximate surface area is 139 Å². The van der Waals surface area contributed by atoms with Gasteiger partial charge in [-0.25, -0.2) is 4.39 Å². The van der Waals surface area contributed by atoms with E-state index in [0.29, 0.717) is 23.7 Å². The van der Waals surface area contributed by atoms with Crippen molar-refractivity contribution in [1.82, 2.24) is 5.32 Å². The molecule has 0 fully saturated rings. The maximum absolute atomic E-state index is 13.5. The van der Waals surface area contributed by atoms with Gasteiger partial charge in [0, 0.05) is 29.1 Å². The van der Waals surface area contributed by atoms with Crippen LogP contribution in [0.25, 0.3) is 0 Å². The molecule has 1 aliphatic heterocycles. The number of nitrogens with one attached hydrogen (secondary N) is 1. The predicted octanol–water partition coefficient (Wildman–Crippen LogP) is 3.95. The van der Waals surface area contributed by atoms with E-state index in [9.17, 15) is 9.18 Å². The minimum absolute atomic E-state index is 0.00842. The van der Waals surface area contributed by atoms with Crippen LogP contribution in [-0.2, 0) is 4.79 Å². The molecule has 0 radical (unpaired) electrons. The Bertz CT molecular complexity index is 692. The summed E-state index contributed by atoms with van der Waals surface area (Å²) < 4.78 is 19.1. The molecule has 1 unspecified atom stereocenters. The second-order valence-corrected chi connectivity index (χ2v) is 6.46. The van der Waals surface area contributed by atoms with Gasteiger partial charge in [-0.3, -0.25) is 4.79 Å². The van der Waals surface area contributed by atoms with Crippen LogP contribution in [0.3, 0.4) is 0 Å². The second-order valence-electron chi connectivity index (χ2n) is 5.32. The van der Waals surface area contributed by atoms with Crippen LogP contribution in [0.2, 0.25) is 0 Å². The first-order valence-corrected chi connectivity index (χ1v) is 8.61. The van der Waals surface area contributed by atoms with E-state index in [1.807, 2.05) is 24.3 Å². The third-order valence-electron chi connectivity index (χ3n) is 3.72. The molecule has 3 nitrogen and oxygen atoms in total. The Morgan fingerprint density at radius 3 is 2.87 bits per heavy atom. The highest BCUT2D eigenvalue weighted by molar-refractivity contribution is 7.99. The van der Waals surface area contributed by atoms with Crippen LogP contribution in [-0.4, -0.2) is 18.3 Å².